The number of methoxy groups -OCH3 is 1. The van der Waals surface area contributed by atoms with Gasteiger partial charge in [0.05, 0.1) is 18.7 Å². The molecule has 1 aliphatic heterocycles. The van der Waals surface area contributed by atoms with Gasteiger partial charge in [-0.3, -0.25) is 0 Å². The van der Waals surface area contributed by atoms with Gasteiger partial charge >= 0.3 is 12.0 Å². The molecule has 0 saturated heterocycles. The van der Waals surface area contributed by atoms with Gasteiger partial charge in [-0.05, 0) is 24.6 Å². The van der Waals surface area contributed by atoms with E-state index >= 15 is 0 Å². The molecule has 1 atom stereocenters. The first-order valence-corrected chi connectivity index (χ1v) is 8.01. The number of carbonyl (C=O) groups excluding carboxylic acids is 2. The Hall–Kier alpha value is -1.63. The topological polar surface area (TPSA) is 76.7 Å². The molecule has 1 aliphatic rings. The molecule has 1 heterocycles. The Morgan fingerprint density at radius 1 is 1.33 bits per heavy atom. The smallest absolute Gasteiger partial charge is 0.338 e. The summed E-state index contributed by atoms with van der Waals surface area (Å²) < 4.78 is 8.50. The third-order valence-corrected chi connectivity index (χ3v) is 3.61. The van der Waals surface area contributed by atoms with Crippen LogP contribution in [0.4, 0.5) is 4.79 Å². The summed E-state index contributed by atoms with van der Waals surface area (Å²) in [5.41, 5.74) is 1.24. The minimum absolute atomic E-state index is 0.220. The van der Waals surface area contributed by atoms with Crippen molar-refractivity contribution in [2.45, 2.75) is 16.8 Å². The number of nitrogens with one attached hydrogen (secondary N) is 2. The van der Waals surface area contributed by atoms with Crippen LogP contribution in [0, 0.1) is 0 Å². The van der Waals surface area contributed by atoms with Gasteiger partial charge in [-0.2, -0.15) is 0 Å². The van der Waals surface area contributed by atoms with Crippen molar-refractivity contribution in [3.8, 4) is 5.75 Å². The zero-order valence-electron chi connectivity index (χ0n) is 12.9. The molecule has 0 aliphatic carbocycles. The van der Waals surface area contributed by atoms with Crippen LogP contribution in [0.5, 0.6) is 5.75 Å². The fraction of sp³-hybridized carbons (Fsp3) is 0.333. The summed E-state index contributed by atoms with van der Waals surface area (Å²) in [7, 11) is 1.53. The van der Waals surface area contributed by atoms with Gasteiger partial charge in [0.15, 0.2) is 0 Å². The molecule has 130 valence electrons. The Balaban J connectivity index is 2.34. The number of allylic oxidation sites excluding steroid dienone is 1. The highest BCUT2D eigenvalue weighted by Gasteiger charge is 2.33. The lowest BCUT2D eigenvalue weighted by atomic mass is 9.95. The zero-order valence-corrected chi connectivity index (χ0v) is 15.1. The normalized spacial score (nSPS) is 17.9. The second-order valence-electron chi connectivity index (χ2n) is 5.04. The summed E-state index contributed by atoms with van der Waals surface area (Å²) >= 11 is 16.8. The van der Waals surface area contributed by atoms with E-state index in [0.717, 1.165) is 0 Å². The number of rotatable bonds is 4. The van der Waals surface area contributed by atoms with Gasteiger partial charge in [0.2, 0.25) is 3.79 Å². The number of urea groups is 1. The highest BCUT2D eigenvalue weighted by molar-refractivity contribution is 6.67. The minimum Gasteiger partial charge on any atom is -0.497 e. The SMILES string of the molecule is COc1cccc(C2NC(=O)NC(C)=C2C(=O)OCC(Cl)(Cl)Cl)c1. The molecule has 0 aromatic heterocycles. The van der Waals surface area contributed by atoms with Gasteiger partial charge in [-0.25, -0.2) is 9.59 Å². The van der Waals surface area contributed by atoms with Crippen molar-refractivity contribution in [3.63, 3.8) is 0 Å². The molecule has 0 fully saturated rings. The van der Waals surface area contributed by atoms with Crippen molar-refractivity contribution in [1.29, 1.82) is 0 Å². The number of ether oxygens (including phenoxy) is 2. The predicted molar refractivity (Wildman–Crippen MR) is 91.4 cm³/mol. The number of alkyl halides is 3. The van der Waals surface area contributed by atoms with Crippen LogP contribution in [0.25, 0.3) is 0 Å². The number of hydrogen-bond donors (Lipinski definition) is 2. The van der Waals surface area contributed by atoms with Gasteiger partial charge in [0, 0.05) is 5.70 Å². The van der Waals surface area contributed by atoms with Crippen molar-refractivity contribution in [3.05, 3.63) is 41.1 Å². The highest BCUT2D eigenvalue weighted by Crippen LogP contribution is 2.31. The van der Waals surface area contributed by atoms with Crippen molar-refractivity contribution >= 4 is 46.8 Å². The molecule has 1 aromatic rings. The molecule has 1 unspecified atom stereocenters. The molecular weight excluding hydrogens is 379 g/mol. The minimum atomic E-state index is -1.72. The molecule has 0 bridgehead atoms. The largest absolute Gasteiger partial charge is 0.497 e. The second-order valence-corrected chi connectivity index (χ2v) is 7.55. The van der Waals surface area contributed by atoms with Gasteiger partial charge in [0.25, 0.3) is 0 Å². The quantitative estimate of drug-likeness (QED) is 0.608. The van der Waals surface area contributed by atoms with E-state index in [1.807, 2.05) is 0 Å². The molecule has 0 radical (unpaired) electrons. The molecule has 6 nitrogen and oxygen atoms in total. The summed E-state index contributed by atoms with van der Waals surface area (Å²) in [6, 6.07) is 5.83. The van der Waals surface area contributed by atoms with Crippen LogP contribution in [0.15, 0.2) is 35.5 Å². The van der Waals surface area contributed by atoms with E-state index < -0.39 is 28.4 Å². The van der Waals surface area contributed by atoms with Gasteiger partial charge in [-0.1, -0.05) is 46.9 Å². The first-order valence-electron chi connectivity index (χ1n) is 6.87. The maximum absolute atomic E-state index is 12.4. The second kappa shape index (κ2) is 7.51. The lowest BCUT2D eigenvalue weighted by Crippen LogP contribution is -2.45. The van der Waals surface area contributed by atoms with Crippen LogP contribution in [0.3, 0.4) is 0 Å². The summed E-state index contributed by atoms with van der Waals surface area (Å²) in [5.74, 6) is -0.105. The van der Waals surface area contributed by atoms with Crippen LogP contribution in [-0.2, 0) is 9.53 Å². The van der Waals surface area contributed by atoms with Crippen molar-refractivity contribution in [1.82, 2.24) is 10.6 Å². The number of amides is 2. The molecule has 0 saturated carbocycles. The van der Waals surface area contributed by atoms with E-state index in [1.165, 1.54) is 7.11 Å². The summed E-state index contributed by atoms with van der Waals surface area (Å²) in [5, 5.41) is 5.21. The van der Waals surface area contributed by atoms with E-state index in [4.69, 9.17) is 44.3 Å². The molecule has 2 N–H and O–H groups in total. The maximum Gasteiger partial charge on any atom is 0.338 e. The van der Waals surface area contributed by atoms with Crippen LogP contribution >= 0.6 is 34.8 Å². The standard InChI is InChI=1S/C15H15Cl3N2O4/c1-8-11(13(21)24-7-15(16,17)18)12(20-14(22)19-8)9-4-3-5-10(6-9)23-2/h3-6,12H,7H2,1-2H3,(H2,19,20,22). The summed E-state index contributed by atoms with van der Waals surface area (Å²) in [6.07, 6.45) is 0. The molecular formula is C15H15Cl3N2O4. The average Bonchev–Trinajstić information content (AvgIpc) is 2.51. The van der Waals surface area contributed by atoms with E-state index in [1.54, 1.807) is 31.2 Å². The molecule has 0 spiro atoms. The number of halogens is 3. The fourth-order valence-corrected chi connectivity index (χ4v) is 2.42. The summed E-state index contributed by atoms with van der Waals surface area (Å²) in [4.78, 5) is 24.2. The van der Waals surface area contributed by atoms with Crippen molar-refractivity contribution in [2.75, 3.05) is 13.7 Å². The third-order valence-electron chi connectivity index (χ3n) is 3.28. The van der Waals surface area contributed by atoms with Crippen LogP contribution in [0.1, 0.15) is 18.5 Å². The number of esters is 1. The van der Waals surface area contributed by atoms with E-state index in [2.05, 4.69) is 10.6 Å². The fourth-order valence-electron chi connectivity index (χ4n) is 2.26. The van der Waals surface area contributed by atoms with Crippen LogP contribution < -0.4 is 15.4 Å². The Labute approximate surface area is 154 Å². The van der Waals surface area contributed by atoms with Gasteiger partial charge < -0.3 is 20.1 Å². The first kappa shape index (κ1) is 18.7. The maximum atomic E-state index is 12.4. The van der Waals surface area contributed by atoms with E-state index in [-0.39, 0.29) is 5.57 Å². The van der Waals surface area contributed by atoms with Crippen LogP contribution in [-0.4, -0.2) is 29.5 Å². The average molecular weight is 394 g/mol. The Morgan fingerprint density at radius 2 is 2.04 bits per heavy atom. The van der Waals surface area contributed by atoms with Crippen molar-refractivity contribution < 1.29 is 19.1 Å². The monoisotopic (exact) mass is 392 g/mol. The third kappa shape index (κ3) is 4.69. The zero-order chi connectivity index (χ0) is 17.9. The van der Waals surface area contributed by atoms with Gasteiger partial charge in [0.1, 0.15) is 12.4 Å². The van der Waals surface area contributed by atoms with E-state index in [0.29, 0.717) is 17.0 Å². The number of benzene rings is 1. The molecule has 2 rings (SSSR count). The highest BCUT2D eigenvalue weighted by atomic mass is 35.6. The predicted octanol–water partition coefficient (Wildman–Crippen LogP) is 3.24. The number of carbonyl (C=O) groups is 2. The Morgan fingerprint density at radius 3 is 2.67 bits per heavy atom. The van der Waals surface area contributed by atoms with Gasteiger partial charge in [-0.15, -0.1) is 0 Å². The van der Waals surface area contributed by atoms with Crippen molar-refractivity contribution in [2.24, 2.45) is 0 Å². The molecule has 9 heteroatoms. The molecule has 2 amide bonds. The lowest BCUT2D eigenvalue weighted by molar-refractivity contribution is -0.139. The van der Waals surface area contributed by atoms with E-state index in [9.17, 15) is 9.59 Å². The number of hydrogen-bond acceptors (Lipinski definition) is 4. The Kier molecular flexibility index (Phi) is 5.85. The lowest BCUT2D eigenvalue weighted by Gasteiger charge is -2.28. The Bertz CT molecular complexity index is 686. The first-order chi connectivity index (χ1) is 11.2. The molecule has 24 heavy (non-hydrogen) atoms. The summed E-state index contributed by atoms with van der Waals surface area (Å²) in [6.45, 7) is 1.18. The van der Waals surface area contributed by atoms with Crippen LogP contribution in [0.2, 0.25) is 0 Å². The molecule has 1 aromatic carbocycles.